The monoisotopic (exact) mass is 353 g/mol. The molecular formula is C20H19NO5. The van der Waals surface area contributed by atoms with E-state index in [-0.39, 0.29) is 29.2 Å². The maximum Gasteiger partial charge on any atom is 0.348 e. The van der Waals surface area contributed by atoms with E-state index >= 15 is 0 Å². The Kier molecular flexibility index (Phi) is 7.12. The summed E-state index contributed by atoms with van der Waals surface area (Å²) in [5.74, 6) is -0.543. The fourth-order valence-corrected chi connectivity index (χ4v) is 2.05. The zero-order chi connectivity index (χ0) is 18.8. The Balaban J connectivity index is 2.08. The van der Waals surface area contributed by atoms with E-state index in [1.165, 1.54) is 19.4 Å². The van der Waals surface area contributed by atoms with E-state index in [4.69, 9.17) is 14.3 Å². The van der Waals surface area contributed by atoms with Crippen LogP contribution in [0, 0.1) is 0 Å². The number of methoxy groups -OCH3 is 1. The highest BCUT2D eigenvalue weighted by Crippen LogP contribution is 2.17. The minimum absolute atomic E-state index is 0.0845. The van der Waals surface area contributed by atoms with Crippen molar-refractivity contribution in [3.05, 3.63) is 77.6 Å². The summed E-state index contributed by atoms with van der Waals surface area (Å²) in [6.07, 6.45) is 1.84. The summed E-state index contributed by atoms with van der Waals surface area (Å²) in [5, 5.41) is 3.94. The van der Waals surface area contributed by atoms with E-state index in [2.05, 4.69) is 5.16 Å². The quantitative estimate of drug-likeness (QED) is 0.138. The number of hydrogen-bond acceptors (Lipinski definition) is 6. The molecule has 0 spiro atoms. The summed E-state index contributed by atoms with van der Waals surface area (Å²) in [5.41, 5.74) is 1.59. The van der Waals surface area contributed by atoms with Gasteiger partial charge in [0.05, 0.1) is 24.6 Å². The van der Waals surface area contributed by atoms with Crippen LogP contribution in [0.5, 0.6) is 5.75 Å². The smallest absolute Gasteiger partial charge is 0.348 e. The second-order valence-corrected chi connectivity index (χ2v) is 5.25. The van der Waals surface area contributed by atoms with Gasteiger partial charge < -0.3 is 14.3 Å². The van der Waals surface area contributed by atoms with Gasteiger partial charge in [0.25, 0.3) is 0 Å². The molecule has 0 aliphatic carbocycles. The molecule has 0 heterocycles. The molecule has 0 atom stereocenters. The molecule has 0 radical (unpaired) electrons. The molecule has 0 aliphatic rings. The number of carbonyl (C=O) groups excluding carboxylic acids is 2. The van der Waals surface area contributed by atoms with Crippen LogP contribution >= 0.6 is 0 Å². The van der Waals surface area contributed by atoms with Gasteiger partial charge in [0.2, 0.25) is 0 Å². The van der Waals surface area contributed by atoms with E-state index in [0.29, 0.717) is 6.29 Å². The average molecular weight is 353 g/mol. The first-order valence-corrected chi connectivity index (χ1v) is 7.86. The molecule has 0 N–H and O–H groups in total. The predicted molar refractivity (Wildman–Crippen MR) is 96.9 cm³/mol. The second-order valence-electron chi connectivity index (χ2n) is 5.25. The van der Waals surface area contributed by atoms with Crippen LogP contribution in [-0.2, 0) is 21.0 Å². The number of aldehydes is 1. The lowest BCUT2D eigenvalue weighted by molar-refractivity contribution is -0.129. The number of benzene rings is 2. The van der Waals surface area contributed by atoms with Crippen LogP contribution < -0.4 is 4.74 Å². The Morgan fingerprint density at radius 3 is 2.46 bits per heavy atom. The Labute approximate surface area is 151 Å². The number of hydrogen-bond donors (Lipinski definition) is 0. The van der Waals surface area contributed by atoms with Crippen LogP contribution in [0.1, 0.15) is 22.8 Å². The molecule has 2 aromatic carbocycles. The number of para-hydroxylation sites is 1. The highest BCUT2D eigenvalue weighted by molar-refractivity contribution is 6.19. The van der Waals surface area contributed by atoms with E-state index in [1.54, 1.807) is 25.1 Å². The Bertz CT molecular complexity index is 812. The summed E-state index contributed by atoms with van der Waals surface area (Å²) in [6, 6.07) is 15.9. The standard InChI is InChI=1S/C20H19NO5/c1-15(21-25-13-16-8-4-3-5-9-16)18(14-24-2)20(23)26-19-11-7-6-10-17(19)12-22/h3-12,14H,13H2,1-2H3. The molecular weight excluding hydrogens is 334 g/mol. The minimum atomic E-state index is -0.703. The van der Waals surface area contributed by atoms with E-state index in [9.17, 15) is 9.59 Å². The van der Waals surface area contributed by atoms with Gasteiger partial charge in [-0.1, -0.05) is 47.6 Å². The van der Waals surface area contributed by atoms with Crippen LogP contribution in [0.15, 0.2) is 71.6 Å². The molecule has 2 aromatic rings. The maximum atomic E-state index is 12.4. The Hall–Kier alpha value is -3.41. The zero-order valence-electron chi connectivity index (χ0n) is 14.5. The summed E-state index contributed by atoms with van der Waals surface area (Å²) < 4.78 is 10.2. The van der Waals surface area contributed by atoms with Gasteiger partial charge in [-0.2, -0.15) is 0 Å². The van der Waals surface area contributed by atoms with Gasteiger partial charge in [-0.25, -0.2) is 4.79 Å². The average Bonchev–Trinajstić information content (AvgIpc) is 2.67. The van der Waals surface area contributed by atoms with E-state index in [1.807, 2.05) is 30.3 Å². The fourth-order valence-electron chi connectivity index (χ4n) is 2.05. The predicted octanol–water partition coefficient (Wildman–Crippen LogP) is 3.53. The van der Waals surface area contributed by atoms with Crippen molar-refractivity contribution in [1.82, 2.24) is 0 Å². The molecule has 0 unspecified atom stereocenters. The first kappa shape index (κ1) is 18.9. The normalized spacial score (nSPS) is 11.6. The van der Waals surface area contributed by atoms with Gasteiger partial charge >= 0.3 is 5.97 Å². The van der Waals surface area contributed by atoms with Crippen LogP contribution in [0.3, 0.4) is 0 Å². The largest absolute Gasteiger partial charge is 0.503 e. The Morgan fingerprint density at radius 2 is 1.77 bits per heavy atom. The van der Waals surface area contributed by atoms with Gasteiger partial charge in [0.15, 0.2) is 6.29 Å². The molecule has 26 heavy (non-hydrogen) atoms. The molecule has 2 rings (SSSR count). The van der Waals surface area contributed by atoms with Crippen molar-refractivity contribution in [2.24, 2.45) is 5.16 Å². The van der Waals surface area contributed by atoms with Crippen molar-refractivity contribution in [3.63, 3.8) is 0 Å². The lowest BCUT2D eigenvalue weighted by atomic mass is 10.2. The molecule has 0 saturated heterocycles. The van der Waals surface area contributed by atoms with E-state index < -0.39 is 5.97 Å². The van der Waals surface area contributed by atoms with Crippen molar-refractivity contribution in [2.75, 3.05) is 7.11 Å². The molecule has 0 bridgehead atoms. The second kappa shape index (κ2) is 9.78. The highest BCUT2D eigenvalue weighted by Gasteiger charge is 2.18. The van der Waals surface area contributed by atoms with Crippen LogP contribution in [0.25, 0.3) is 0 Å². The first-order chi connectivity index (χ1) is 12.7. The number of ether oxygens (including phenoxy) is 2. The number of rotatable bonds is 8. The molecule has 0 amide bonds. The lowest BCUT2D eigenvalue weighted by Gasteiger charge is -2.09. The van der Waals surface area contributed by atoms with Gasteiger partial charge in [-0.15, -0.1) is 0 Å². The SMILES string of the molecule is COC=C(C(=O)Oc1ccccc1C=O)C(C)=NOCc1ccccc1. The molecule has 0 fully saturated rings. The summed E-state index contributed by atoms with van der Waals surface area (Å²) >= 11 is 0. The minimum Gasteiger partial charge on any atom is -0.503 e. The molecule has 0 saturated carbocycles. The van der Waals surface area contributed by atoms with Crippen LogP contribution in [0.2, 0.25) is 0 Å². The third-order valence-electron chi connectivity index (χ3n) is 3.37. The highest BCUT2D eigenvalue weighted by atomic mass is 16.6. The molecule has 0 aliphatic heterocycles. The number of carbonyl (C=O) groups is 2. The summed E-state index contributed by atoms with van der Waals surface area (Å²) in [7, 11) is 1.41. The topological polar surface area (TPSA) is 74.2 Å². The fraction of sp³-hybridized carbons (Fsp3) is 0.150. The first-order valence-electron chi connectivity index (χ1n) is 7.86. The molecule has 6 nitrogen and oxygen atoms in total. The van der Waals surface area contributed by atoms with Crippen molar-refractivity contribution >= 4 is 18.0 Å². The lowest BCUT2D eigenvalue weighted by Crippen LogP contribution is -2.18. The van der Waals surface area contributed by atoms with Gasteiger partial charge in [0.1, 0.15) is 17.9 Å². The third-order valence-corrected chi connectivity index (χ3v) is 3.37. The van der Waals surface area contributed by atoms with Crippen molar-refractivity contribution in [3.8, 4) is 5.75 Å². The number of nitrogens with zero attached hydrogens (tertiary/aromatic N) is 1. The summed E-state index contributed by atoms with van der Waals surface area (Å²) in [6.45, 7) is 1.87. The molecule has 0 aromatic heterocycles. The van der Waals surface area contributed by atoms with Crippen molar-refractivity contribution in [1.29, 1.82) is 0 Å². The van der Waals surface area contributed by atoms with Crippen LogP contribution in [-0.4, -0.2) is 25.1 Å². The van der Waals surface area contributed by atoms with Crippen LogP contribution in [0.4, 0.5) is 0 Å². The zero-order valence-corrected chi connectivity index (χ0v) is 14.5. The summed E-state index contributed by atoms with van der Waals surface area (Å²) in [4.78, 5) is 28.7. The van der Waals surface area contributed by atoms with Gasteiger partial charge in [0, 0.05) is 0 Å². The number of esters is 1. The molecule has 6 heteroatoms. The molecule has 134 valence electrons. The third kappa shape index (κ3) is 5.31. The number of oxime groups is 1. The Morgan fingerprint density at radius 1 is 1.08 bits per heavy atom. The van der Waals surface area contributed by atoms with Crippen molar-refractivity contribution in [2.45, 2.75) is 13.5 Å². The van der Waals surface area contributed by atoms with Gasteiger partial charge in [-0.3, -0.25) is 4.79 Å². The van der Waals surface area contributed by atoms with Gasteiger partial charge in [-0.05, 0) is 24.6 Å². The van der Waals surface area contributed by atoms with Crippen molar-refractivity contribution < 1.29 is 23.9 Å². The van der Waals surface area contributed by atoms with E-state index in [0.717, 1.165) is 5.56 Å². The maximum absolute atomic E-state index is 12.4.